The Labute approximate surface area is 118 Å². The molecule has 1 aromatic heterocycles. The zero-order valence-electron chi connectivity index (χ0n) is 10.1. The van der Waals surface area contributed by atoms with E-state index in [-0.39, 0.29) is 18.4 Å². The number of carbonyl (C=O) groups is 1. The third-order valence-electron chi connectivity index (χ3n) is 2.91. The average molecular weight is 322 g/mol. The number of halogens is 1. The first-order chi connectivity index (χ1) is 9.22. The van der Waals surface area contributed by atoms with Crippen molar-refractivity contribution < 1.29 is 9.32 Å². The Morgan fingerprint density at radius 3 is 3.05 bits per heavy atom. The summed E-state index contributed by atoms with van der Waals surface area (Å²) in [6, 6.07) is 7.66. The summed E-state index contributed by atoms with van der Waals surface area (Å²) in [5, 5.41) is 6.70. The first kappa shape index (κ1) is 12.3. The second kappa shape index (κ2) is 5.13. The maximum absolute atomic E-state index is 11.5. The van der Waals surface area contributed by atoms with Crippen LogP contribution in [0.4, 0.5) is 0 Å². The Kier molecular flexibility index (Phi) is 3.33. The van der Waals surface area contributed by atoms with E-state index in [1.54, 1.807) is 0 Å². The van der Waals surface area contributed by atoms with Crippen molar-refractivity contribution in [2.24, 2.45) is 5.92 Å². The standard InChI is InChI=1S/C13H12BrN3O2/c14-10-3-1-2-9(6-10)12-16-11(19-17-12)7-15-13(18)8-4-5-8/h1-3,6,8H,4-5,7H2,(H,15,18). The average Bonchev–Trinajstić information content (AvgIpc) is 3.15. The van der Waals surface area contributed by atoms with Gasteiger partial charge in [0, 0.05) is 16.0 Å². The lowest BCUT2D eigenvalue weighted by molar-refractivity contribution is -0.122. The minimum Gasteiger partial charge on any atom is -0.347 e. The lowest BCUT2D eigenvalue weighted by Gasteiger charge is -1.98. The highest BCUT2D eigenvalue weighted by molar-refractivity contribution is 9.10. The molecule has 1 fully saturated rings. The number of hydrogen-bond acceptors (Lipinski definition) is 4. The molecule has 0 atom stereocenters. The van der Waals surface area contributed by atoms with Crippen LogP contribution in [0.15, 0.2) is 33.3 Å². The van der Waals surface area contributed by atoms with Crippen LogP contribution in [-0.2, 0) is 11.3 Å². The number of amides is 1. The Hall–Kier alpha value is -1.69. The molecule has 5 nitrogen and oxygen atoms in total. The minimum atomic E-state index is 0.0715. The van der Waals surface area contributed by atoms with Crippen LogP contribution in [0, 0.1) is 5.92 Å². The molecule has 0 radical (unpaired) electrons. The molecule has 0 bridgehead atoms. The van der Waals surface area contributed by atoms with Crippen molar-refractivity contribution in [3.05, 3.63) is 34.6 Å². The molecule has 0 aliphatic heterocycles. The predicted molar refractivity (Wildman–Crippen MR) is 72.0 cm³/mol. The van der Waals surface area contributed by atoms with Crippen molar-refractivity contribution in [1.29, 1.82) is 0 Å². The molecule has 1 aliphatic rings. The molecular formula is C13H12BrN3O2. The van der Waals surface area contributed by atoms with Crippen molar-refractivity contribution in [3.63, 3.8) is 0 Å². The van der Waals surface area contributed by atoms with E-state index in [0.29, 0.717) is 11.7 Å². The van der Waals surface area contributed by atoms with E-state index in [4.69, 9.17) is 4.52 Å². The Morgan fingerprint density at radius 1 is 1.47 bits per heavy atom. The number of nitrogens with one attached hydrogen (secondary N) is 1. The molecule has 0 saturated heterocycles. The van der Waals surface area contributed by atoms with Gasteiger partial charge in [-0.3, -0.25) is 4.79 Å². The maximum Gasteiger partial charge on any atom is 0.246 e. The van der Waals surface area contributed by atoms with Gasteiger partial charge in [-0.15, -0.1) is 0 Å². The van der Waals surface area contributed by atoms with Gasteiger partial charge in [0.15, 0.2) is 0 Å². The van der Waals surface area contributed by atoms with E-state index in [1.165, 1.54) is 0 Å². The number of rotatable bonds is 4. The quantitative estimate of drug-likeness (QED) is 0.939. The molecule has 1 heterocycles. The predicted octanol–water partition coefficient (Wildman–Crippen LogP) is 2.53. The minimum absolute atomic E-state index is 0.0715. The lowest BCUT2D eigenvalue weighted by atomic mass is 10.2. The topological polar surface area (TPSA) is 68.0 Å². The third-order valence-corrected chi connectivity index (χ3v) is 3.41. The third kappa shape index (κ3) is 3.01. The van der Waals surface area contributed by atoms with Crippen molar-refractivity contribution in [3.8, 4) is 11.4 Å². The van der Waals surface area contributed by atoms with Gasteiger partial charge < -0.3 is 9.84 Å². The van der Waals surface area contributed by atoms with E-state index < -0.39 is 0 Å². The van der Waals surface area contributed by atoms with E-state index in [0.717, 1.165) is 22.9 Å². The Bertz CT molecular complexity index is 607. The molecule has 1 aromatic carbocycles. The smallest absolute Gasteiger partial charge is 0.246 e. The molecule has 1 N–H and O–H groups in total. The maximum atomic E-state index is 11.5. The fourth-order valence-electron chi connectivity index (χ4n) is 1.72. The highest BCUT2D eigenvalue weighted by Crippen LogP contribution is 2.28. The molecule has 3 rings (SSSR count). The fraction of sp³-hybridized carbons (Fsp3) is 0.308. The van der Waals surface area contributed by atoms with E-state index in [2.05, 4.69) is 31.4 Å². The molecule has 1 amide bonds. The largest absolute Gasteiger partial charge is 0.347 e. The van der Waals surface area contributed by atoms with Gasteiger partial charge in [0.2, 0.25) is 17.6 Å². The second-order valence-electron chi connectivity index (χ2n) is 4.51. The number of nitrogens with zero attached hydrogens (tertiary/aromatic N) is 2. The second-order valence-corrected chi connectivity index (χ2v) is 5.43. The monoisotopic (exact) mass is 321 g/mol. The molecule has 0 spiro atoms. The van der Waals surface area contributed by atoms with Crippen molar-refractivity contribution in [1.82, 2.24) is 15.5 Å². The molecule has 1 aliphatic carbocycles. The van der Waals surface area contributed by atoms with Crippen LogP contribution in [0.1, 0.15) is 18.7 Å². The summed E-state index contributed by atoms with van der Waals surface area (Å²) in [7, 11) is 0. The van der Waals surface area contributed by atoms with Crippen molar-refractivity contribution >= 4 is 21.8 Å². The van der Waals surface area contributed by atoms with Gasteiger partial charge in [-0.2, -0.15) is 4.98 Å². The number of benzene rings is 1. The number of aromatic nitrogens is 2. The summed E-state index contributed by atoms with van der Waals surface area (Å²) >= 11 is 3.40. The summed E-state index contributed by atoms with van der Waals surface area (Å²) in [6.45, 7) is 0.288. The highest BCUT2D eigenvalue weighted by atomic mass is 79.9. The summed E-state index contributed by atoms with van der Waals surface area (Å²) in [5.74, 6) is 1.20. The van der Waals surface area contributed by atoms with Crippen LogP contribution in [0.25, 0.3) is 11.4 Å². The SMILES string of the molecule is O=C(NCc1nc(-c2cccc(Br)c2)no1)C1CC1. The molecule has 6 heteroatoms. The summed E-state index contributed by atoms with van der Waals surface area (Å²) in [4.78, 5) is 15.8. The first-order valence-corrected chi connectivity index (χ1v) is 6.88. The number of hydrogen-bond donors (Lipinski definition) is 1. The van der Waals surface area contributed by atoms with Gasteiger partial charge in [-0.05, 0) is 25.0 Å². The van der Waals surface area contributed by atoms with Crippen molar-refractivity contribution in [2.75, 3.05) is 0 Å². The van der Waals surface area contributed by atoms with Gasteiger partial charge in [-0.25, -0.2) is 0 Å². The zero-order valence-corrected chi connectivity index (χ0v) is 11.7. The van der Waals surface area contributed by atoms with Crippen LogP contribution >= 0.6 is 15.9 Å². The molecule has 19 heavy (non-hydrogen) atoms. The van der Waals surface area contributed by atoms with Gasteiger partial charge >= 0.3 is 0 Å². The Morgan fingerprint density at radius 2 is 2.32 bits per heavy atom. The van der Waals surface area contributed by atoms with Gasteiger partial charge in [0.25, 0.3) is 0 Å². The van der Waals surface area contributed by atoms with Gasteiger partial charge in [0.1, 0.15) is 0 Å². The van der Waals surface area contributed by atoms with Crippen LogP contribution in [0.2, 0.25) is 0 Å². The van der Waals surface area contributed by atoms with Gasteiger partial charge in [0.05, 0.1) is 6.54 Å². The van der Waals surface area contributed by atoms with Crippen LogP contribution in [0.3, 0.4) is 0 Å². The molecule has 1 saturated carbocycles. The summed E-state index contributed by atoms with van der Waals surface area (Å²) < 4.78 is 6.08. The first-order valence-electron chi connectivity index (χ1n) is 6.08. The summed E-state index contributed by atoms with van der Waals surface area (Å²) in [5.41, 5.74) is 0.873. The molecular weight excluding hydrogens is 310 g/mol. The summed E-state index contributed by atoms with van der Waals surface area (Å²) in [6.07, 6.45) is 1.97. The molecule has 98 valence electrons. The lowest BCUT2D eigenvalue weighted by Crippen LogP contribution is -2.24. The van der Waals surface area contributed by atoms with Crippen LogP contribution in [0.5, 0.6) is 0 Å². The number of carbonyl (C=O) groups excluding carboxylic acids is 1. The van der Waals surface area contributed by atoms with Gasteiger partial charge in [-0.1, -0.05) is 33.2 Å². The van der Waals surface area contributed by atoms with Crippen LogP contribution in [-0.4, -0.2) is 16.0 Å². The van der Waals surface area contributed by atoms with E-state index in [1.807, 2.05) is 24.3 Å². The zero-order chi connectivity index (χ0) is 13.2. The van der Waals surface area contributed by atoms with E-state index >= 15 is 0 Å². The van der Waals surface area contributed by atoms with Crippen molar-refractivity contribution in [2.45, 2.75) is 19.4 Å². The molecule has 2 aromatic rings. The van der Waals surface area contributed by atoms with Crippen LogP contribution < -0.4 is 5.32 Å². The normalized spacial score (nSPS) is 14.4. The fourth-order valence-corrected chi connectivity index (χ4v) is 2.12. The van der Waals surface area contributed by atoms with E-state index in [9.17, 15) is 4.79 Å². The highest BCUT2D eigenvalue weighted by Gasteiger charge is 2.29. The molecule has 0 unspecified atom stereocenters. The Balaban J connectivity index is 1.67.